The number of esters is 3. The van der Waals surface area contributed by atoms with Crippen LogP contribution in [0.5, 0.6) is 0 Å². The van der Waals surface area contributed by atoms with E-state index in [0.29, 0.717) is 12.0 Å². The molecule has 2 heterocycles. The number of rotatable bonds is 7. The summed E-state index contributed by atoms with van der Waals surface area (Å²) in [5.74, 6) is -2.27. The maximum atomic E-state index is 11.6. The number of nitrogens with two attached hydrogens (primary N) is 1. The molecule has 1 fully saturated rings. The van der Waals surface area contributed by atoms with Crippen LogP contribution in [0.15, 0.2) is 24.0 Å². The normalized spacial score (nSPS) is 26.4. The highest BCUT2D eigenvalue weighted by Gasteiger charge is 2.51. The molecule has 1 saturated heterocycles. The second-order valence-electron chi connectivity index (χ2n) is 6.30. The summed E-state index contributed by atoms with van der Waals surface area (Å²) in [6.07, 6.45) is 1.53. The first-order chi connectivity index (χ1) is 13.2. The molecule has 0 radical (unpaired) electrons. The highest BCUT2D eigenvalue weighted by Crippen LogP contribution is 2.31. The largest absolute Gasteiger partial charge is 0.463 e. The van der Waals surface area contributed by atoms with Crippen LogP contribution in [0.2, 0.25) is 0 Å². The van der Waals surface area contributed by atoms with Crippen molar-refractivity contribution < 1.29 is 38.1 Å². The molecular formula is C18H24N2O8. The van der Waals surface area contributed by atoms with Gasteiger partial charge >= 0.3 is 17.9 Å². The average molecular weight is 396 g/mol. The lowest BCUT2D eigenvalue weighted by atomic mass is 10.1. The summed E-state index contributed by atoms with van der Waals surface area (Å²) in [6.45, 7) is 3.87. The summed E-state index contributed by atoms with van der Waals surface area (Å²) >= 11 is 0. The summed E-state index contributed by atoms with van der Waals surface area (Å²) in [6, 6.07) is 0. The van der Waals surface area contributed by atoms with E-state index in [9.17, 15) is 19.2 Å². The van der Waals surface area contributed by atoms with Crippen molar-refractivity contribution in [2.24, 2.45) is 5.73 Å². The molecule has 0 spiro atoms. The van der Waals surface area contributed by atoms with E-state index in [-0.39, 0.29) is 13.0 Å². The van der Waals surface area contributed by atoms with Crippen LogP contribution < -0.4 is 5.73 Å². The minimum absolute atomic E-state index is 0.168. The number of primary amides is 1. The number of hydrogen-bond donors (Lipinski definition) is 1. The molecule has 2 rings (SSSR count). The Kier molecular flexibility index (Phi) is 7.16. The molecule has 2 aliphatic rings. The molecule has 0 aliphatic carbocycles. The fraction of sp³-hybridized carbons (Fsp3) is 0.556. The topological polar surface area (TPSA) is 134 Å². The SMILES string of the molecule is CCC(=O)OC[C@H]1O[C@@H](N2C=CCC(C(N)=O)=C2)[C@H](OC(C)=O)[C@@H]1OC(C)=O. The van der Waals surface area contributed by atoms with Crippen LogP contribution in [0.25, 0.3) is 0 Å². The first kappa shape index (κ1) is 21.4. The van der Waals surface area contributed by atoms with E-state index in [1.807, 2.05) is 0 Å². The summed E-state index contributed by atoms with van der Waals surface area (Å²) in [5, 5.41) is 0. The predicted molar refractivity (Wildman–Crippen MR) is 93.9 cm³/mol. The summed E-state index contributed by atoms with van der Waals surface area (Å²) in [5.41, 5.74) is 5.67. The van der Waals surface area contributed by atoms with Gasteiger partial charge in [-0.2, -0.15) is 0 Å². The zero-order valence-corrected chi connectivity index (χ0v) is 16.0. The second kappa shape index (κ2) is 9.36. The Morgan fingerprint density at radius 3 is 2.39 bits per heavy atom. The molecule has 2 N–H and O–H groups in total. The van der Waals surface area contributed by atoms with Gasteiger partial charge in [-0.05, 0) is 6.42 Å². The number of nitrogens with zero attached hydrogens (tertiary/aromatic N) is 1. The van der Waals surface area contributed by atoms with E-state index in [4.69, 9.17) is 24.7 Å². The van der Waals surface area contributed by atoms with Crippen LogP contribution in [-0.4, -0.2) is 59.9 Å². The van der Waals surface area contributed by atoms with Gasteiger partial charge in [-0.3, -0.25) is 19.2 Å². The molecule has 28 heavy (non-hydrogen) atoms. The first-order valence-electron chi connectivity index (χ1n) is 8.83. The van der Waals surface area contributed by atoms with Gasteiger partial charge in [-0.1, -0.05) is 13.0 Å². The number of carbonyl (C=O) groups excluding carboxylic acids is 4. The molecule has 10 nitrogen and oxygen atoms in total. The molecule has 0 aromatic heterocycles. The van der Waals surface area contributed by atoms with Gasteiger partial charge in [0.15, 0.2) is 18.4 Å². The smallest absolute Gasteiger partial charge is 0.305 e. The lowest BCUT2D eigenvalue weighted by Crippen LogP contribution is -2.45. The van der Waals surface area contributed by atoms with Gasteiger partial charge in [0.1, 0.15) is 12.7 Å². The molecule has 0 bridgehead atoms. The molecule has 0 unspecified atom stereocenters. The summed E-state index contributed by atoms with van der Waals surface area (Å²) in [7, 11) is 0. The lowest BCUT2D eigenvalue weighted by molar-refractivity contribution is -0.166. The Bertz CT molecular complexity index is 702. The average Bonchev–Trinajstić information content (AvgIpc) is 2.96. The molecule has 0 aromatic rings. The van der Waals surface area contributed by atoms with Crippen molar-refractivity contribution in [2.45, 2.75) is 58.2 Å². The fourth-order valence-electron chi connectivity index (χ4n) is 2.91. The van der Waals surface area contributed by atoms with Crippen molar-refractivity contribution >= 4 is 23.8 Å². The van der Waals surface area contributed by atoms with Crippen molar-refractivity contribution in [2.75, 3.05) is 6.61 Å². The Hall–Kier alpha value is -2.88. The van der Waals surface area contributed by atoms with Crippen molar-refractivity contribution in [3.8, 4) is 0 Å². The van der Waals surface area contributed by atoms with Crippen LogP contribution >= 0.6 is 0 Å². The standard InChI is InChI=1S/C18H24N2O8/c1-4-14(23)25-9-13-15(26-10(2)21)16(27-11(3)22)18(28-13)20-7-5-6-12(8-20)17(19)24/h5,7-8,13,15-16,18H,4,6,9H2,1-3H3,(H2,19,24)/t13-,15-,16-,18-/m1/s1. The summed E-state index contributed by atoms with van der Waals surface area (Å²) < 4.78 is 21.7. The van der Waals surface area contributed by atoms with Crippen LogP contribution in [0.3, 0.4) is 0 Å². The molecule has 4 atom stereocenters. The maximum Gasteiger partial charge on any atom is 0.305 e. The third-order valence-electron chi connectivity index (χ3n) is 4.12. The summed E-state index contributed by atoms with van der Waals surface area (Å²) in [4.78, 5) is 47.7. The Morgan fingerprint density at radius 2 is 1.82 bits per heavy atom. The van der Waals surface area contributed by atoms with E-state index in [1.54, 1.807) is 19.2 Å². The van der Waals surface area contributed by atoms with Gasteiger partial charge in [0.2, 0.25) is 5.91 Å². The number of carbonyl (C=O) groups is 4. The molecule has 0 saturated carbocycles. The molecule has 10 heteroatoms. The van der Waals surface area contributed by atoms with Gasteiger partial charge in [-0.15, -0.1) is 0 Å². The minimum Gasteiger partial charge on any atom is -0.463 e. The monoisotopic (exact) mass is 396 g/mol. The molecule has 0 aromatic carbocycles. The quantitative estimate of drug-likeness (QED) is 0.470. The van der Waals surface area contributed by atoms with Crippen LogP contribution in [0, 0.1) is 0 Å². The number of amides is 1. The van der Waals surface area contributed by atoms with Gasteiger partial charge in [0, 0.05) is 38.2 Å². The van der Waals surface area contributed by atoms with E-state index in [2.05, 4.69) is 0 Å². The Morgan fingerprint density at radius 1 is 1.18 bits per heavy atom. The zero-order valence-electron chi connectivity index (χ0n) is 16.0. The van der Waals surface area contributed by atoms with Crippen LogP contribution in [0.1, 0.15) is 33.6 Å². The van der Waals surface area contributed by atoms with E-state index in [0.717, 1.165) is 0 Å². The third kappa shape index (κ3) is 5.32. The Labute approximate surface area is 162 Å². The van der Waals surface area contributed by atoms with Crippen LogP contribution in [0.4, 0.5) is 0 Å². The van der Waals surface area contributed by atoms with Gasteiger partial charge < -0.3 is 29.6 Å². The van der Waals surface area contributed by atoms with Gasteiger partial charge in [0.25, 0.3) is 0 Å². The maximum absolute atomic E-state index is 11.6. The van der Waals surface area contributed by atoms with E-state index < -0.39 is 48.4 Å². The first-order valence-corrected chi connectivity index (χ1v) is 8.83. The van der Waals surface area contributed by atoms with Gasteiger partial charge in [-0.25, -0.2) is 0 Å². The van der Waals surface area contributed by atoms with Crippen molar-refractivity contribution in [3.05, 3.63) is 24.0 Å². The molecule has 2 aliphatic heterocycles. The molecule has 154 valence electrons. The fourth-order valence-corrected chi connectivity index (χ4v) is 2.91. The molecular weight excluding hydrogens is 372 g/mol. The van der Waals surface area contributed by atoms with E-state index in [1.165, 1.54) is 24.9 Å². The number of hydrogen-bond acceptors (Lipinski definition) is 9. The highest BCUT2D eigenvalue weighted by atomic mass is 16.7. The van der Waals surface area contributed by atoms with Crippen LogP contribution in [-0.2, 0) is 38.1 Å². The second-order valence-corrected chi connectivity index (χ2v) is 6.30. The van der Waals surface area contributed by atoms with Crippen molar-refractivity contribution in [1.82, 2.24) is 4.90 Å². The predicted octanol–water partition coefficient (Wildman–Crippen LogP) is 0.117. The van der Waals surface area contributed by atoms with Crippen molar-refractivity contribution in [3.63, 3.8) is 0 Å². The number of ether oxygens (including phenoxy) is 4. The van der Waals surface area contributed by atoms with Gasteiger partial charge in [0.05, 0.1) is 0 Å². The number of allylic oxidation sites excluding steroid dienone is 1. The third-order valence-corrected chi connectivity index (χ3v) is 4.12. The molecule has 1 amide bonds. The Balaban J connectivity index is 2.30. The minimum atomic E-state index is -1.01. The lowest BCUT2D eigenvalue weighted by Gasteiger charge is -2.30. The van der Waals surface area contributed by atoms with E-state index >= 15 is 0 Å². The van der Waals surface area contributed by atoms with Crippen molar-refractivity contribution in [1.29, 1.82) is 0 Å². The highest BCUT2D eigenvalue weighted by molar-refractivity contribution is 5.92. The zero-order chi connectivity index (χ0) is 20.8.